The number of amides is 2. The van der Waals surface area contributed by atoms with Crippen LogP contribution in [0.15, 0.2) is 28.7 Å². The van der Waals surface area contributed by atoms with Gasteiger partial charge in [-0.3, -0.25) is 9.59 Å². The molecule has 2 amide bonds. The number of carbonyl (C=O) groups is 2. The van der Waals surface area contributed by atoms with Crippen molar-refractivity contribution in [2.24, 2.45) is 0 Å². The van der Waals surface area contributed by atoms with Gasteiger partial charge in [-0.15, -0.1) is 5.10 Å². The maximum absolute atomic E-state index is 12.8. The number of aromatic nitrogens is 2. The van der Waals surface area contributed by atoms with Crippen LogP contribution in [0.3, 0.4) is 0 Å². The molecule has 0 atom stereocenters. The second-order valence-corrected chi connectivity index (χ2v) is 6.81. The second kappa shape index (κ2) is 7.38. The average Bonchev–Trinajstić information content (AvgIpc) is 3.37. The molecule has 0 N–H and O–H groups in total. The van der Waals surface area contributed by atoms with E-state index in [2.05, 4.69) is 10.2 Å². The highest BCUT2D eigenvalue weighted by molar-refractivity contribution is 5.97. The summed E-state index contributed by atoms with van der Waals surface area (Å²) in [6.45, 7) is 5.27. The van der Waals surface area contributed by atoms with Crippen molar-refractivity contribution in [1.29, 1.82) is 0 Å². The molecular formula is C19H23N5O3. The fraction of sp³-hybridized carbons (Fsp3) is 0.474. The molecule has 0 saturated carbocycles. The average molecular weight is 369 g/mol. The number of carbonyl (C=O) groups excluding carboxylic acids is 2. The van der Waals surface area contributed by atoms with Crippen molar-refractivity contribution in [2.45, 2.75) is 26.2 Å². The maximum Gasteiger partial charge on any atom is 0.318 e. The first kappa shape index (κ1) is 17.5. The lowest BCUT2D eigenvalue weighted by atomic mass is 10.1. The van der Waals surface area contributed by atoms with E-state index in [9.17, 15) is 9.59 Å². The highest BCUT2D eigenvalue weighted by Gasteiger charge is 2.26. The van der Waals surface area contributed by atoms with Gasteiger partial charge in [0, 0.05) is 56.8 Å². The molecule has 8 nitrogen and oxygen atoms in total. The Balaban J connectivity index is 1.37. The van der Waals surface area contributed by atoms with Gasteiger partial charge < -0.3 is 19.1 Å². The molecule has 8 heteroatoms. The van der Waals surface area contributed by atoms with Gasteiger partial charge in [0.2, 0.25) is 11.8 Å². The Morgan fingerprint density at radius 2 is 1.81 bits per heavy atom. The first-order chi connectivity index (χ1) is 13.2. The van der Waals surface area contributed by atoms with Gasteiger partial charge in [0.05, 0.1) is 0 Å². The highest BCUT2D eigenvalue weighted by atomic mass is 16.4. The summed E-state index contributed by atoms with van der Waals surface area (Å²) in [5.74, 6) is 0.784. The Hall–Kier alpha value is -2.90. The third-order valence-corrected chi connectivity index (χ3v) is 5.10. The van der Waals surface area contributed by atoms with Crippen molar-refractivity contribution in [3.05, 3.63) is 35.7 Å². The minimum absolute atomic E-state index is 0.00808. The molecule has 3 heterocycles. The maximum atomic E-state index is 12.8. The minimum atomic E-state index is 0.00808. The molecule has 2 fully saturated rings. The van der Waals surface area contributed by atoms with Gasteiger partial charge in [-0.25, -0.2) is 0 Å². The Morgan fingerprint density at radius 1 is 1.07 bits per heavy atom. The smallest absolute Gasteiger partial charge is 0.318 e. The molecule has 2 aliphatic heterocycles. The molecule has 0 spiro atoms. The van der Waals surface area contributed by atoms with E-state index in [-0.39, 0.29) is 11.8 Å². The Bertz CT molecular complexity index is 824. The Labute approximate surface area is 157 Å². The predicted molar refractivity (Wildman–Crippen MR) is 99.8 cm³/mol. The Kier molecular flexibility index (Phi) is 4.79. The molecule has 1 aromatic carbocycles. The lowest BCUT2D eigenvalue weighted by molar-refractivity contribution is -0.117. The van der Waals surface area contributed by atoms with Crippen molar-refractivity contribution in [3.8, 4) is 0 Å². The van der Waals surface area contributed by atoms with Crippen molar-refractivity contribution < 1.29 is 14.0 Å². The fourth-order valence-corrected chi connectivity index (χ4v) is 3.50. The largest absolute Gasteiger partial charge is 0.408 e. The molecule has 0 unspecified atom stereocenters. The van der Waals surface area contributed by atoms with Gasteiger partial charge in [0.1, 0.15) is 0 Å². The van der Waals surface area contributed by atoms with Crippen molar-refractivity contribution in [2.75, 3.05) is 42.5 Å². The summed E-state index contributed by atoms with van der Waals surface area (Å²) in [5.41, 5.74) is 1.51. The van der Waals surface area contributed by atoms with Gasteiger partial charge in [-0.05, 0) is 30.7 Å². The molecule has 142 valence electrons. The molecule has 0 bridgehead atoms. The SMILES string of the molecule is CCc1nnc(N2CCN(C(=O)c3ccc(N4CCCC4=O)cc3)CC2)o1. The molecule has 0 radical (unpaired) electrons. The molecule has 27 heavy (non-hydrogen) atoms. The molecule has 2 aliphatic rings. The summed E-state index contributed by atoms with van der Waals surface area (Å²) in [6.07, 6.45) is 2.21. The van der Waals surface area contributed by atoms with Crippen LogP contribution < -0.4 is 9.80 Å². The summed E-state index contributed by atoms with van der Waals surface area (Å²) < 4.78 is 5.59. The van der Waals surface area contributed by atoms with Gasteiger partial charge in [0.25, 0.3) is 5.91 Å². The summed E-state index contributed by atoms with van der Waals surface area (Å²) >= 11 is 0. The van der Waals surface area contributed by atoms with Crippen LogP contribution in [0.25, 0.3) is 0 Å². The standard InChI is InChI=1S/C19H23N5O3/c1-2-16-20-21-19(27-16)23-12-10-22(11-13-23)18(26)14-5-7-15(8-6-14)24-9-3-4-17(24)25/h5-8H,2-4,9-13H2,1H3. The van der Waals surface area contributed by atoms with Crippen LogP contribution in [0.1, 0.15) is 36.0 Å². The normalized spacial score (nSPS) is 17.7. The highest BCUT2D eigenvalue weighted by Crippen LogP contribution is 2.22. The summed E-state index contributed by atoms with van der Waals surface area (Å²) in [4.78, 5) is 30.2. The number of aryl methyl sites for hydroxylation is 1. The number of piperazine rings is 1. The topological polar surface area (TPSA) is 82.8 Å². The number of nitrogens with zero attached hydrogens (tertiary/aromatic N) is 5. The summed E-state index contributed by atoms with van der Waals surface area (Å²) in [6, 6.07) is 7.86. The molecular weight excluding hydrogens is 346 g/mol. The lowest BCUT2D eigenvalue weighted by Crippen LogP contribution is -2.49. The second-order valence-electron chi connectivity index (χ2n) is 6.81. The van der Waals surface area contributed by atoms with Crippen molar-refractivity contribution in [1.82, 2.24) is 15.1 Å². The fourth-order valence-electron chi connectivity index (χ4n) is 3.50. The van der Waals surface area contributed by atoms with Crippen LogP contribution in [0.4, 0.5) is 11.7 Å². The van der Waals surface area contributed by atoms with Crippen LogP contribution in [-0.2, 0) is 11.2 Å². The molecule has 2 aromatic rings. The molecule has 0 aliphatic carbocycles. The zero-order valence-corrected chi connectivity index (χ0v) is 15.4. The predicted octanol–water partition coefficient (Wildman–Crippen LogP) is 1.72. The van der Waals surface area contributed by atoms with E-state index in [1.54, 1.807) is 17.0 Å². The van der Waals surface area contributed by atoms with Gasteiger partial charge >= 0.3 is 6.01 Å². The van der Waals surface area contributed by atoms with Gasteiger partial charge in [-0.1, -0.05) is 12.0 Å². The zero-order valence-electron chi connectivity index (χ0n) is 15.4. The molecule has 1 aromatic heterocycles. The Morgan fingerprint density at radius 3 is 2.41 bits per heavy atom. The quantitative estimate of drug-likeness (QED) is 0.816. The van der Waals surface area contributed by atoms with E-state index in [4.69, 9.17) is 4.42 Å². The van der Waals surface area contributed by atoms with Crippen LogP contribution >= 0.6 is 0 Å². The summed E-state index contributed by atoms with van der Waals surface area (Å²) in [7, 11) is 0. The van der Waals surface area contributed by atoms with E-state index < -0.39 is 0 Å². The van der Waals surface area contributed by atoms with E-state index in [1.807, 2.05) is 28.9 Å². The third-order valence-electron chi connectivity index (χ3n) is 5.10. The number of hydrogen-bond acceptors (Lipinski definition) is 6. The summed E-state index contributed by atoms with van der Waals surface area (Å²) in [5, 5.41) is 8.06. The monoisotopic (exact) mass is 369 g/mol. The van der Waals surface area contributed by atoms with Gasteiger partial charge in [0.15, 0.2) is 0 Å². The van der Waals surface area contributed by atoms with Crippen LogP contribution in [-0.4, -0.2) is 59.6 Å². The molecule has 4 rings (SSSR count). The van der Waals surface area contributed by atoms with Crippen LogP contribution in [0, 0.1) is 0 Å². The van der Waals surface area contributed by atoms with Crippen molar-refractivity contribution >= 4 is 23.5 Å². The number of hydrogen-bond donors (Lipinski definition) is 0. The minimum Gasteiger partial charge on any atom is -0.408 e. The van der Waals surface area contributed by atoms with E-state index in [0.29, 0.717) is 56.5 Å². The van der Waals surface area contributed by atoms with Crippen LogP contribution in [0.5, 0.6) is 0 Å². The van der Waals surface area contributed by atoms with E-state index in [1.165, 1.54) is 0 Å². The van der Waals surface area contributed by atoms with Gasteiger partial charge in [-0.2, -0.15) is 0 Å². The third kappa shape index (κ3) is 3.51. The molecule has 2 saturated heterocycles. The van der Waals surface area contributed by atoms with Crippen LogP contribution in [0.2, 0.25) is 0 Å². The van der Waals surface area contributed by atoms with E-state index in [0.717, 1.165) is 18.7 Å². The number of anilines is 2. The van der Waals surface area contributed by atoms with Crippen molar-refractivity contribution in [3.63, 3.8) is 0 Å². The zero-order chi connectivity index (χ0) is 18.8. The number of rotatable bonds is 4. The number of benzene rings is 1. The van der Waals surface area contributed by atoms with E-state index >= 15 is 0 Å². The lowest BCUT2D eigenvalue weighted by Gasteiger charge is -2.33. The first-order valence-electron chi connectivity index (χ1n) is 9.42. The first-order valence-corrected chi connectivity index (χ1v) is 9.42.